The molecule has 2 heterocycles. The van der Waals surface area contributed by atoms with Gasteiger partial charge in [-0.25, -0.2) is 9.59 Å². The number of alkyl halides is 3. The average Bonchev–Trinajstić information content (AvgIpc) is 3.11. The summed E-state index contributed by atoms with van der Waals surface area (Å²) in [5, 5.41) is -0.00453. The van der Waals surface area contributed by atoms with Crippen LogP contribution in [0, 0.1) is 6.92 Å². The SMILES string of the molecule is COc1ccc(Cn2c(=O)c3c(C)c(C(=O)OC(C)(C)C)sc3n(CCC(F)(F)F)c2=O)c(OC)c1. The maximum Gasteiger partial charge on any atom is 0.390 e. The number of carbonyl (C=O) groups is 1. The van der Waals surface area contributed by atoms with E-state index in [2.05, 4.69) is 0 Å². The number of aromatic nitrogens is 2. The van der Waals surface area contributed by atoms with Gasteiger partial charge < -0.3 is 14.2 Å². The average molecular weight is 529 g/mol. The van der Waals surface area contributed by atoms with Crippen molar-refractivity contribution in [3.8, 4) is 11.5 Å². The van der Waals surface area contributed by atoms with Crippen molar-refractivity contribution < 1.29 is 32.2 Å². The van der Waals surface area contributed by atoms with E-state index in [-0.39, 0.29) is 27.2 Å². The summed E-state index contributed by atoms with van der Waals surface area (Å²) in [6.07, 6.45) is -5.82. The lowest BCUT2D eigenvalue weighted by Gasteiger charge is -2.19. The first-order chi connectivity index (χ1) is 16.7. The van der Waals surface area contributed by atoms with Crippen LogP contribution in [0.25, 0.3) is 10.2 Å². The highest BCUT2D eigenvalue weighted by molar-refractivity contribution is 7.20. The zero-order valence-corrected chi connectivity index (χ0v) is 21.6. The highest BCUT2D eigenvalue weighted by Gasteiger charge is 2.30. The number of nitrogens with zero attached hydrogens (tertiary/aromatic N) is 2. The molecule has 0 spiro atoms. The second kappa shape index (κ2) is 10.00. The van der Waals surface area contributed by atoms with Crippen molar-refractivity contribution in [3.05, 3.63) is 55.0 Å². The van der Waals surface area contributed by atoms with Crippen LogP contribution in [0.3, 0.4) is 0 Å². The Balaban J connectivity index is 2.26. The number of thiophene rings is 1. The lowest BCUT2D eigenvalue weighted by atomic mass is 10.1. The van der Waals surface area contributed by atoms with Crippen molar-refractivity contribution in [2.45, 2.75) is 59.0 Å². The smallest absolute Gasteiger partial charge is 0.390 e. The van der Waals surface area contributed by atoms with Gasteiger partial charge in [-0.05, 0) is 45.4 Å². The van der Waals surface area contributed by atoms with Crippen molar-refractivity contribution in [2.75, 3.05) is 14.2 Å². The van der Waals surface area contributed by atoms with E-state index in [1.165, 1.54) is 21.1 Å². The number of carbonyl (C=O) groups excluding carboxylic acids is 1. The van der Waals surface area contributed by atoms with Gasteiger partial charge in [-0.3, -0.25) is 13.9 Å². The summed E-state index contributed by atoms with van der Waals surface area (Å²) in [6.45, 7) is 5.54. The number of aryl methyl sites for hydroxylation is 2. The van der Waals surface area contributed by atoms with E-state index in [4.69, 9.17) is 14.2 Å². The summed E-state index contributed by atoms with van der Waals surface area (Å²) in [6, 6.07) is 4.78. The van der Waals surface area contributed by atoms with Crippen LogP contribution in [0.15, 0.2) is 27.8 Å². The highest BCUT2D eigenvalue weighted by atomic mass is 32.1. The second-order valence-electron chi connectivity index (χ2n) is 9.11. The maximum absolute atomic E-state index is 13.5. The molecule has 12 heteroatoms. The third kappa shape index (κ3) is 5.75. The topological polar surface area (TPSA) is 88.8 Å². The van der Waals surface area contributed by atoms with Crippen molar-refractivity contribution >= 4 is 27.5 Å². The molecule has 0 fully saturated rings. The minimum Gasteiger partial charge on any atom is -0.497 e. The molecule has 0 aliphatic rings. The number of fused-ring (bicyclic) bond motifs is 1. The van der Waals surface area contributed by atoms with Crippen molar-refractivity contribution in [1.82, 2.24) is 9.13 Å². The molecule has 2 aromatic heterocycles. The predicted octanol–water partition coefficient (Wildman–Crippen LogP) is 4.51. The molecular formula is C24H27F3N2O6S. The number of hydrogen-bond donors (Lipinski definition) is 0. The van der Waals surface area contributed by atoms with E-state index in [0.717, 1.165) is 20.5 Å². The summed E-state index contributed by atoms with van der Waals surface area (Å²) in [5.74, 6) is 0.0922. The van der Waals surface area contributed by atoms with Crippen molar-refractivity contribution in [2.24, 2.45) is 0 Å². The van der Waals surface area contributed by atoms with Crippen LogP contribution in [0.1, 0.15) is 48.0 Å². The Labute approximate surface area is 208 Å². The minimum absolute atomic E-state index is 0.00453. The maximum atomic E-state index is 13.5. The number of halogens is 3. The van der Waals surface area contributed by atoms with Gasteiger partial charge in [-0.15, -0.1) is 11.3 Å². The van der Waals surface area contributed by atoms with Gasteiger partial charge in [-0.2, -0.15) is 13.2 Å². The Morgan fingerprint density at radius 3 is 2.28 bits per heavy atom. The number of ether oxygens (including phenoxy) is 3. The monoisotopic (exact) mass is 528 g/mol. The summed E-state index contributed by atoms with van der Waals surface area (Å²) in [7, 11) is 2.87. The molecule has 0 radical (unpaired) electrons. The quantitative estimate of drug-likeness (QED) is 0.420. The number of esters is 1. The zero-order chi connectivity index (χ0) is 27.0. The number of benzene rings is 1. The van der Waals surface area contributed by atoms with E-state index in [9.17, 15) is 27.6 Å². The molecule has 8 nitrogen and oxygen atoms in total. The minimum atomic E-state index is -4.54. The summed E-state index contributed by atoms with van der Waals surface area (Å²) in [4.78, 5) is 39.7. The fraction of sp³-hybridized carbons (Fsp3) is 0.458. The van der Waals surface area contributed by atoms with E-state index in [1.807, 2.05) is 0 Å². The fourth-order valence-corrected chi connectivity index (χ4v) is 4.84. The van der Waals surface area contributed by atoms with Gasteiger partial charge in [0.25, 0.3) is 5.56 Å². The molecule has 1 aromatic carbocycles. The molecule has 0 aliphatic carbocycles. The molecule has 0 atom stereocenters. The van der Waals surface area contributed by atoms with Crippen LogP contribution >= 0.6 is 11.3 Å². The van der Waals surface area contributed by atoms with Crippen LogP contribution in [-0.2, 0) is 17.8 Å². The van der Waals surface area contributed by atoms with Crippen molar-refractivity contribution in [1.29, 1.82) is 0 Å². The Morgan fingerprint density at radius 1 is 1.06 bits per heavy atom. The lowest BCUT2D eigenvalue weighted by molar-refractivity contribution is -0.136. The molecule has 0 saturated heterocycles. The first-order valence-electron chi connectivity index (χ1n) is 10.9. The molecular weight excluding hydrogens is 501 g/mol. The highest BCUT2D eigenvalue weighted by Crippen LogP contribution is 2.31. The van der Waals surface area contributed by atoms with Crippen LogP contribution in [0.4, 0.5) is 13.2 Å². The number of hydrogen-bond acceptors (Lipinski definition) is 7. The van der Waals surface area contributed by atoms with Gasteiger partial charge in [0.15, 0.2) is 0 Å². The molecule has 36 heavy (non-hydrogen) atoms. The summed E-state index contributed by atoms with van der Waals surface area (Å²) < 4.78 is 56.9. The molecule has 0 N–H and O–H groups in total. The third-order valence-corrected chi connectivity index (χ3v) is 6.61. The van der Waals surface area contributed by atoms with Gasteiger partial charge in [0.05, 0.1) is 32.6 Å². The summed E-state index contributed by atoms with van der Waals surface area (Å²) in [5.41, 5.74) is -1.79. The number of methoxy groups -OCH3 is 2. The third-order valence-electron chi connectivity index (χ3n) is 5.32. The number of rotatable bonds is 7. The van der Waals surface area contributed by atoms with E-state index in [1.54, 1.807) is 39.0 Å². The van der Waals surface area contributed by atoms with Crippen molar-refractivity contribution in [3.63, 3.8) is 0 Å². The Kier molecular flexibility index (Phi) is 7.58. The molecule has 0 unspecified atom stereocenters. The normalized spacial score (nSPS) is 12.1. The van der Waals surface area contributed by atoms with Gasteiger partial charge in [0.1, 0.15) is 26.8 Å². The van der Waals surface area contributed by atoms with Crippen LogP contribution in [-0.4, -0.2) is 41.1 Å². The van der Waals surface area contributed by atoms with Crippen LogP contribution in [0.5, 0.6) is 11.5 Å². The van der Waals surface area contributed by atoms with Gasteiger partial charge in [0.2, 0.25) is 0 Å². The van der Waals surface area contributed by atoms with E-state index >= 15 is 0 Å². The predicted molar refractivity (Wildman–Crippen MR) is 130 cm³/mol. The first-order valence-corrected chi connectivity index (χ1v) is 11.8. The largest absolute Gasteiger partial charge is 0.497 e. The Bertz CT molecular complexity index is 1410. The molecule has 0 bridgehead atoms. The molecule has 3 rings (SSSR count). The Hall–Kier alpha value is -3.28. The van der Waals surface area contributed by atoms with Gasteiger partial charge in [-0.1, -0.05) is 0 Å². The second-order valence-corrected chi connectivity index (χ2v) is 10.1. The van der Waals surface area contributed by atoms with E-state index in [0.29, 0.717) is 17.1 Å². The van der Waals surface area contributed by atoms with Gasteiger partial charge >= 0.3 is 17.8 Å². The summed E-state index contributed by atoms with van der Waals surface area (Å²) >= 11 is 0.772. The Morgan fingerprint density at radius 2 is 1.72 bits per heavy atom. The fourth-order valence-electron chi connectivity index (χ4n) is 3.64. The molecule has 0 aliphatic heterocycles. The molecule has 0 amide bonds. The standard InChI is InChI=1S/C24H27F3N2O6S/c1-13-17-19(30)29(12-14-7-8-15(33-5)11-16(14)34-6)22(32)28(10-9-24(25,26)27)20(17)36-18(13)21(31)35-23(2,3)4/h7-8,11H,9-10,12H2,1-6H3. The molecule has 0 saturated carbocycles. The zero-order valence-electron chi connectivity index (χ0n) is 20.7. The van der Waals surface area contributed by atoms with E-state index < -0.39 is 42.0 Å². The van der Waals surface area contributed by atoms with Crippen LogP contribution in [0.2, 0.25) is 0 Å². The lowest BCUT2D eigenvalue weighted by Crippen LogP contribution is -2.40. The first kappa shape index (κ1) is 27.3. The van der Waals surface area contributed by atoms with Gasteiger partial charge in [0, 0.05) is 18.2 Å². The molecule has 196 valence electrons. The molecule has 3 aromatic rings. The van der Waals surface area contributed by atoms with Crippen LogP contribution < -0.4 is 20.7 Å².